The molecule has 0 unspecified atom stereocenters. The van der Waals surface area contributed by atoms with Crippen LogP contribution >= 0.6 is 0 Å². The van der Waals surface area contributed by atoms with Crippen LogP contribution in [-0.4, -0.2) is 54.7 Å². The van der Waals surface area contributed by atoms with Crippen molar-refractivity contribution in [1.82, 2.24) is 9.80 Å². The number of primary amides is 1. The number of amides is 2. The molecule has 1 aliphatic heterocycles. The topological polar surface area (TPSA) is 49.6 Å². The Morgan fingerprint density at radius 3 is 2.07 bits per heavy atom. The predicted octanol–water partition coefficient (Wildman–Crippen LogP) is 0.245. The van der Waals surface area contributed by atoms with Gasteiger partial charge in [-0.05, 0) is 0 Å². The van der Waals surface area contributed by atoms with Gasteiger partial charge in [0.15, 0.2) is 0 Å². The van der Waals surface area contributed by atoms with Crippen molar-refractivity contribution in [3.8, 4) is 0 Å². The zero-order valence-electron chi connectivity index (χ0n) is 7.55. The Morgan fingerprint density at radius 1 is 1.21 bits per heavy atom. The fourth-order valence-corrected chi connectivity index (χ4v) is 1.38. The number of alkyl halides is 3. The first-order valence-electron chi connectivity index (χ1n) is 4.22. The van der Waals surface area contributed by atoms with Crippen molar-refractivity contribution in [2.45, 2.75) is 6.18 Å². The van der Waals surface area contributed by atoms with Crippen molar-refractivity contribution >= 4 is 6.03 Å². The molecule has 82 valence electrons. The van der Waals surface area contributed by atoms with Crippen molar-refractivity contribution in [2.24, 2.45) is 5.73 Å². The molecular formula is C7H12F3N3O. The molecule has 0 saturated carbocycles. The monoisotopic (exact) mass is 211 g/mol. The molecule has 2 N–H and O–H groups in total. The number of piperazine rings is 1. The molecule has 0 spiro atoms. The maximum atomic E-state index is 11.9. The second kappa shape index (κ2) is 4.04. The van der Waals surface area contributed by atoms with Crippen LogP contribution in [0.5, 0.6) is 0 Å². The highest BCUT2D eigenvalue weighted by Gasteiger charge is 2.32. The smallest absolute Gasteiger partial charge is 0.351 e. The van der Waals surface area contributed by atoms with Crippen LogP contribution in [0.4, 0.5) is 18.0 Å². The van der Waals surface area contributed by atoms with Gasteiger partial charge in [-0.15, -0.1) is 0 Å². The Bertz CT molecular complexity index is 211. The van der Waals surface area contributed by atoms with Crippen molar-refractivity contribution < 1.29 is 18.0 Å². The largest absolute Gasteiger partial charge is 0.401 e. The van der Waals surface area contributed by atoms with Crippen molar-refractivity contribution in [1.29, 1.82) is 0 Å². The van der Waals surface area contributed by atoms with E-state index in [0.717, 1.165) is 0 Å². The van der Waals surface area contributed by atoms with E-state index in [1.54, 1.807) is 0 Å². The number of rotatable bonds is 1. The number of carbonyl (C=O) groups is 1. The van der Waals surface area contributed by atoms with Crippen LogP contribution in [0.3, 0.4) is 0 Å². The van der Waals surface area contributed by atoms with Gasteiger partial charge in [0.1, 0.15) is 0 Å². The summed E-state index contributed by atoms with van der Waals surface area (Å²) in [6, 6.07) is -0.573. The second-order valence-electron chi connectivity index (χ2n) is 3.22. The van der Waals surface area contributed by atoms with Crippen LogP contribution in [-0.2, 0) is 0 Å². The summed E-state index contributed by atoms with van der Waals surface area (Å²) in [5.41, 5.74) is 4.99. The molecule has 1 aliphatic rings. The number of nitrogens with two attached hydrogens (primary N) is 1. The Labute approximate surface area is 79.4 Å². The number of nitrogens with zero attached hydrogens (tertiary/aromatic N) is 2. The first kappa shape index (κ1) is 11.1. The van der Waals surface area contributed by atoms with E-state index in [-0.39, 0.29) is 26.2 Å². The molecule has 0 aromatic carbocycles. The average Bonchev–Trinajstić information content (AvgIpc) is 2.02. The van der Waals surface area contributed by atoms with Crippen molar-refractivity contribution in [3.05, 3.63) is 0 Å². The Morgan fingerprint density at radius 2 is 1.71 bits per heavy atom. The molecule has 0 bridgehead atoms. The summed E-state index contributed by atoms with van der Waals surface area (Å²) in [7, 11) is 0. The molecule has 0 aromatic rings. The van der Waals surface area contributed by atoms with Crippen LogP contribution < -0.4 is 5.73 Å². The average molecular weight is 211 g/mol. The molecule has 1 saturated heterocycles. The lowest BCUT2D eigenvalue weighted by Crippen LogP contribution is -2.52. The summed E-state index contributed by atoms with van der Waals surface area (Å²) in [5.74, 6) is 0. The molecule has 0 atom stereocenters. The van der Waals surface area contributed by atoms with E-state index in [0.29, 0.717) is 0 Å². The van der Waals surface area contributed by atoms with Crippen molar-refractivity contribution in [2.75, 3.05) is 32.7 Å². The summed E-state index contributed by atoms with van der Waals surface area (Å²) >= 11 is 0. The lowest BCUT2D eigenvalue weighted by atomic mass is 10.3. The van der Waals surface area contributed by atoms with E-state index < -0.39 is 18.8 Å². The minimum absolute atomic E-state index is 0.225. The van der Waals surface area contributed by atoms with Gasteiger partial charge in [-0.3, -0.25) is 4.90 Å². The maximum Gasteiger partial charge on any atom is 0.401 e. The summed E-state index contributed by atoms with van der Waals surface area (Å²) in [6.07, 6.45) is -4.17. The first-order chi connectivity index (χ1) is 6.38. The van der Waals surface area contributed by atoms with Crippen molar-refractivity contribution in [3.63, 3.8) is 0 Å². The zero-order chi connectivity index (χ0) is 10.8. The Balaban J connectivity index is 2.33. The molecule has 1 rings (SSSR count). The van der Waals surface area contributed by atoms with Gasteiger partial charge in [-0.1, -0.05) is 0 Å². The Hall–Kier alpha value is -0.980. The van der Waals surface area contributed by atoms with Gasteiger partial charge in [-0.2, -0.15) is 13.2 Å². The third-order valence-electron chi connectivity index (χ3n) is 2.09. The normalized spacial score (nSPS) is 19.8. The summed E-state index contributed by atoms with van der Waals surface area (Å²) in [4.78, 5) is 13.3. The molecule has 1 fully saturated rings. The van der Waals surface area contributed by atoms with E-state index >= 15 is 0 Å². The summed E-state index contributed by atoms with van der Waals surface area (Å²) in [5, 5.41) is 0. The molecule has 0 aromatic heterocycles. The highest BCUT2D eigenvalue weighted by Crippen LogP contribution is 2.17. The fraction of sp³-hybridized carbons (Fsp3) is 0.857. The highest BCUT2D eigenvalue weighted by atomic mass is 19.4. The SMILES string of the molecule is NC(=O)N1CCN(CC(F)(F)F)CC1. The molecule has 2 amide bonds. The van der Waals surface area contributed by atoms with Gasteiger partial charge >= 0.3 is 12.2 Å². The standard InChI is InChI=1S/C7H12F3N3O/c8-7(9,10)5-12-1-3-13(4-2-12)6(11)14/h1-5H2,(H2,11,14). The van der Waals surface area contributed by atoms with Crippen LogP contribution in [0.15, 0.2) is 0 Å². The van der Waals surface area contributed by atoms with Crippen LogP contribution in [0.2, 0.25) is 0 Å². The van der Waals surface area contributed by atoms with E-state index in [9.17, 15) is 18.0 Å². The molecule has 0 aliphatic carbocycles. The van der Waals surface area contributed by atoms with Gasteiger partial charge in [0.05, 0.1) is 6.54 Å². The molecular weight excluding hydrogens is 199 g/mol. The summed E-state index contributed by atoms with van der Waals surface area (Å²) < 4.78 is 35.8. The van der Waals surface area contributed by atoms with Gasteiger partial charge in [0.2, 0.25) is 0 Å². The first-order valence-corrected chi connectivity index (χ1v) is 4.22. The number of hydrogen-bond acceptors (Lipinski definition) is 2. The third-order valence-corrected chi connectivity index (χ3v) is 2.09. The van der Waals surface area contributed by atoms with Crippen LogP contribution in [0.1, 0.15) is 0 Å². The van der Waals surface area contributed by atoms with E-state index in [2.05, 4.69) is 0 Å². The molecule has 0 radical (unpaired) electrons. The summed E-state index contributed by atoms with van der Waals surface area (Å²) in [6.45, 7) is 0.0708. The molecule has 4 nitrogen and oxygen atoms in total. The zero-order valence-corrected chi connectivity index (χ0v) is 7.55. The Kier molecular flexibility index (Phi) is 3.20. The quantitative estimate of drug-likeness (QED) is 0.675. The minimum atomic E-state index is -4.17. The fourth-order valence-electron chi connectivity index (χ4n) is 1.38. The predicted molar refractivity (Wildman–Crippen MR) is 43.7 cm³/mol. The molecule has 14 heavy (non-hydrogen) atoms. The van der Waals surface area contributed by atoms with E-state index in [1.807, 2.05) is 0 Å². The van der Waals surface area contributed by atoms with E-state index in [1.165, 1.54) is 9.80 Å². The maximum absolute atomic E-state index is 11.9. The third kappa shape index (κ3) is 3.41. The lowest BCUT2D eigenvalue weighted by molar-refractivity contribution is -0.148. The van der Waals surface area contributed by atoms with Gasteiger partial charge < -0.3 is 10.6 Å². The lowest BCUT2D eigenvalue weighted by Gasteiger charge is -2.33. The number of urea groups is 1. The van der Waals surface area contributed by atoms with Gasteiger partial charge in [-0.25, -0.2) is 4.79 Å². The molecule has 1 heterocycles. The highest BCUT2D eigenvalue weighted by molar-refractivity contribution is 5.72. The minimum Gasteiger partial charge on any atom is -0.351 e. The van der Waals surface area contributed by atoms with Crippen LogP contribution in [0.25, 0.3) is 0 Å². The number of hydrogen-bond donors (Lipinski definition) is 1. The van der Waals surface area contributed by atoms with E-state index in [4.69, 9.17) is 5.73 Å². The number of carbonyl (C=O) groups excluding carboxylic acids is 1. The molecule has 7 heteroatoms. The van der Waals surface area contributed by atoms with Crippen LogP contribution in [0, 0.1) is 0 Å². The number of halogens is 3. The van der Waals surface area contributed by atoms with Gasteiger partial charge in [0, 0.05) is 26.2 Å². The second-order valence-corrected chi connectivity index (χ2v) is 3.22. The van der Waals surface area contributed by atoms with Gasteiger partial charge in [0.25, 0.3) is 0 Å².